The van der Waals surface area contributed by atoms with Crippen LogP contribution in [-0.2, 0) is 7.05 Å². The molecule has 0 aliphatic rings. The molecule has 0 unspecified atom stereocenters. The lowest BCUT2D eigenvalue weighted by atomic mass is 10.1. The highest BCUT2D eigenvalue weighted by atomic mass is 79.9. The Bertz CT molecular complexity index is 626. The third-order valence-corrected chi connectivity index (χ3v) is 3.49. The van der Waals surface area contributed by atoms with Gasteiger partial charge in [0.1, 0.15) is 0 Å². The van der Waals surface area contributed by atoms with Crippen molar-refractivity contribution in [2.45, 2.75) is 20.8 Å². The molecule has 0 fully saturated rings. The van der Waals surface area contributed by atoms with Crippen LogP contribution in [0.5, 0.6) is 0 Å². The van der Waals surface area contributed by atoms with Crippen molar-refractivity contribution < 1.29 is 4.79 Å². The minimum atomic E-state index is -0.124. The predicted molar refractivity (Wildman–Crippen MR) is 79.5 cm³/mol. The number of halogens is 1. The van der Waals surface area contributed by atoms with Gasteiger partial charge in [0.05, 0.1) is 11.3 Å². The molecule has 1 amide bonds. The summed E-state index contributed by atoms with van der Waals surface area (Å²) in [6, 6.07) is 5.81. The van der Waals surface area contributed by atoms with Crippen LogP contribution in [0.1, 0.15) is 27.3 Å². The van der Waals surface area contributed by atoms with E-state index in [1.165, 1.54) is 0 Å². The van der Waals surface area contributed by atoms with Crippen molar-refractivity contribution in [2.75, 3.05) is 5.32 Å². The molecule has 0 atom stereocenters. The van der Waals surface area contributed by atoms with E-state index in [1.54, 1.807) is 4.68 Å². The summed E-state index contributed by atoms with van der Waals surface area (Å²) in [6.45, 7) is 5.72. The first-order chi connectivity index (χ1) is 8.88. The molecular formula is C14H16BrN3O. The Morgan fingerprint density at radius 2 is 1.95 bits per heavy atom. The lowest BCUT2D eigenvalue weighted by Gasteiger charge is -2.07. The highest BCUT2D eigenvalue weighted by molar-refractivity contribution is 9.10. The Morgan fingerprint density at radius 3 is 2.47 bits per heavy atom. The predicted octanol–water partition coefficient (Wildman–Crippen LogP) is 3.36. The molecule has 1 aromatic heterocycles. The molecule has 100 valence electrons. The third-order valence-electron chi connectivity index (χ3n) is 3.04. The number of benzene rings is 1. The summed E-state index contributed by atoms with van der Waals surface area (Å²) in [7, 11) is 1.84. The van der Waals surface area contributed by atoms with Crippen LogP contribution in [0, 0.1) is 20.8 Å². The van der Waals surface area contributed by atoms with Gasteiger partial charge in [0.25, 0.3) is 5.91 Å². The van der Waals surface area contributed by atoms with Crippen LogP contribution in [0.25, 0.3) is 0 Å². The summed E-state index contributed by atoms with van der Waals surface area (Å²) in [5, 5.41) is 7.17. The molecule has 5 heteroatoms. The standard InChI is InChI=1S/C14H16BrN3O/c1-8-5-11(15)7-12(6-8)16-14(19)13-9(2)17-18(4)10(13)3/h5-7H,1-4H3,(H,16,19). The van der Waals surface area contributed by atoms with E-state index in [4.69, 9.17) is 0 Å². The summed E-state index contributed by atoms with van der Waals surface area (Å²) < 4.78 is 2.67. The summed E-state index contributed by atoms with van der Waals surface area (Å²) >= 11 is 3.42. The van der Waals surface area contributed by atoms with Gasteiger partial charge in [-0.05, 0) is 44.5 Å². The zero-order valence-corrected chi connectivity index (χ0v) is 13.0. The van der Waals surface area contributed by atoms with Gasteiger partial charge in [-0.3, -0.25) is 9.48 Å². The maximum atomic E-state index is 12.3. The maximum absolute atomic E-state index is 12.3. The zero-order chi connectivity index (χ0) is 14.2. The van der Waals surface area contributed by atoms with Crippen molar-refractivity contribution in [2.24, 2.45) is 7.05 Å². The number of carbonyl (C=O) groups excluding carboxylic acids is 1. The molecule has 4 nitrogen and oxygen atoms in total. The molecule has 0 saturated carbocycles. The first-order valence-corrected chi connectivity index (χ1v) is 6.76. The van der Waals surface area contributed by atoms with E-state index in [2.05, 4.69) is 26.3 Å². The van der Waals surface area contributed by atoms with Crippen LogP contribution in [0.15, 0.2) is 22.7 Å². The summed E-state index contributed by atoms with van der Waals surface area (Å²) in [6.07, 6.45) is 0. The van der Waals surface area contributed by atoms with Crippen LogP contribution < -0.4 is 5.32 Å². The summed E-state index contributed by atoms with van der Waals surface area (Å²) in [4.78, 5) is 12.3. The second-order valence-corrected chi connectivity index (χ2v) is 5.56. The van der Waals surface area contributed by atoms with Gasteiger partial charge in [-0.2, -0.15) is 5.10 Å². The zero-order valence-electron chi connectivity index (χ0n) is 11.4. The fourth-order valence-corrected chi connectivity index (χ4v) is 2.71. The second-order valence-electron chi connectivity index (χ2n) is 4.64. The number of amides is 1. The van der Waals surface area contributed by atoms with Gasteiger partial charge >= 0.3 is 0 Å². The van der Waals surface area contributed by atoms with E-state index >= 15 is 0 Å². The van der Waals surface area contributed by atoms with Gasteiger partial charge in [-0.1, -0.05) is 15.9 Å². The molecule has 1 heterocycles. The number of anilines is 1. The molecule has 19 heavy (non-hydrogen) atoms. The van der Waals surface area contributed by atoms with Gasteiger partial charge in [0.2, 0.25) is 0 Å². The van der Waals surface area contributed by atoms with Crippen LogP contribution in [0.2, 0.25) is 0 Å². The van der Waals surface area contributed by atoms with Crippen LogP contribution in [0.4, 0.5) is 5.69 Å². The van der Waals surface area contributed by atoms with Gasteiger partial charge in [0, 0.05) is 22.9 Å². The number of rotatable bonds is 2. The lowest BCUT2D eigenvalue weighted by molar-refractivity contribution is 0.102. The first kappa shape index (κ1) is 13.8. The fraction of sp³-hybridized carbons (Fsp3) is 0.286. The number of aromatic nitrogens is 2. The number of hydrogen-bond acceptors (Lipinski definition) is 2. The van der Waals surface area contributed by atoms with Crippen LogP contribution in [0.3, 0.4) is 0 Å². The second kappa shape index (κ2) is 5.17. The molecule has 0 radical (unpaired) electrons. The molecule has 0 spiro atoms. The summed E-state index contributed by atoms with van der Waals surface area (Å²) in [5.74, 6) is -0.124. The largest absolute Gasteiger partial charge is 0.322 e. The SMILES string of the molecule is Cc1cc(Br)cc(NC(=O)c2c(C)nn(C)c2C)c1. The van der Waals surface area contributed by atoms with Gasteiger partial charge < -0.3 is 5.32 Å². The number of nitrogens with zero attached hydrogens (tertiary/aromatic N) is 2. The highest BCUT2D eigenvalue weighted by Crippen LogP contribution is 2.21. The van der Waals surface area contributed by atoms with Crippen molar-refractivity contribution in [1.29, 1.82) is 0 Å². The highest BCUT2D eigenvalue weighted by Gasteiger charge is 2.17. The third kappa shape index (κ3) is 2.87. The average Bonchev–Trinajstić information content (AvgIpc) is 2.51. The van der Waals surface area contributed by atoms with Gasteiger partial charge in [0.15, 0.2) is 0 Å². The molecule has 1 N–H and O–H groups in total. The van der Waals surface area contributed by atoms with Crippen molar-refractivity contribution in [3.8, 4) is 0 Å². The number of hydrogen-bond donors (Lipinski definition) is 1. The summed E-state index contributed by atoms with van der Waals surface area (Å²) in [5.41, 5.74) is 4.11. The Kier molecular flexibility index (Phi) is 3.75. The Balaban J connectivity index is 2.30. The Labute approximate surface area is 120 Å². The molecule has 1 aromatic carbocycles. The molecule has 2 rings (SSSR count). The van der Waals surface area contributed by atoms with Crippen molar-refractivity contribution in [3.63, 3.8) is 0 Å². The Morgan fingerprint density at radius 1 is 1.26 bits per heavy atom. The van der Waals surface area contributed by atoms with Crippen molar-refractivity contribution >= 4 is 27.5 Å². The topological polar surface area (TPSA) is 46.9 Å². The minimum absolute atomic E-state index is 0.124. The Hall–Kier alpha value is -1.62. The molecular weight excluding hydrogens is 306 g/mol. The molecule has 0 aliphatic heterocycles. The van der Waals surface area contributed by atoms with Crippen molar-refractivity contribution in [3.05, 3.63) is 45.2 Å². The normalized spacial score (nSPS) is 10.6. The van der Waals surface area contributed by atoms with E-state index in [0.717, 1.165) is 27.1 Å². The minimum Gasteiger partial charge on any atom is -0.322 e. The molecule has 2 aromatic rings. The lowest BCUT2D eigenvalue weighted by Crippen LogP contribution is -2.14. The molecule has 0 saturated heterocycles. The number of carbonyl (C=O) groups is 1. The van der Waals surface area contributed by atoms with Gasteiger partial charge in [-0.15, -0.1) is 0 Å². The van der Waals surface area contributed by atoms with Crippen molar-refractivity contribution in [1.82, 2.24) is 9.78 Å². The fourth-order valence-electron chi connectivity index (χ4n) is 2.10. The number of aryl methyl sites for hydroxylation is 3. The molecule has 0 bridgehead atoms. The maximum Gasteiger partial charge on any atom is 0.259 e. The molecule has 0 aliphatic carbocycles. The van der Waals surface area contributed by atoms with E-state index in [1.807, 2.05) is 46.0 Å². The van der Waals surface area contributed by atoms with E-state index in [-0.39, 0.29) is 5.91 Å². The average molecular weight is 322 g/mol. The first-order valence-electron chi connectivity index (χ1n) is 5.97. The van der Waals surface area contributed by atoms with E-state index in [9.17, 15) is 4.79 Å². The van der Waals surface area contributed by atoms with E-state index < -0.39 is 0 Å². The van der Waals surface area contributed by atoms with Crippen LogP contribution in [-0.4, -0.2) is 15.7 Å². The number of nitrogens with one attached hydrogen (secondary N) is 1. The van der Waals surface area contributed by atoms with Gasteiger partial charge in [-0.25, -0.2) is 0 Å². The smallest absolute Gasteiger partial charge is 0.259 e. The quantitative estimate of drug-likeness (QED) is 0.921. The van der Waals surface area contributed by atoms with E-state index in [0.29, 0.717) is 5.56 Å². The van der Waals surface area contributed by atoms with Crippen LogP contribution >= 0.6 is 15.9 Å². The monoisotopic (exact) mass is 321 g/mol.